The molecule has 1 saturated carbocycles. The Labute approximate surface area is 118 Å². The second-order valence-electron chi connectivity index (χ2n) is 5.73. The van der Waals surface area contributed by atoms with Crippen LogP contribution in [0.15, 0.2) is 0 Å². The second kappa shape index (κ2) is 5.42. The van der Waals surface area contributed by atoms with Gasteiger partial charge in [0.15, 0.2) is 0 Å². The Morgan fingerprint density at radius 2 is 1.95 bits per heavy atom. The molecule has 1 aliphatic heterocycles. The van der Waals surface area contributed by atoms with Gasteiger partial charge in [0.05, 0.1) is 6.61 Å². The topological polar surface area (TPSA) is 75.7 Å². The minimum absolute atomic E-state index is 0.0786. The van der Waals surface area contributed by atoms with Crippen LogP contribution in [0.5, 0.6) is 0 Å². The lowest BCUT2D eigenvalue weighted by Gasteiger charge is -2.42. The smallest absolute Gasteiger partial charge is 0.326 e. The average Bonchev–Trinajstić information content (AvgIpc) is 2.62. The first kappa shape index (κ1) is 14.8. The largest absolute Gasteiger partial charge is 0.465 e. The Bertz CT molecular complexity index is 425. The molecule has 1 heterocycles. The zero-order chi connectivity index (χ0) is 14.9. The summed E-state index contributed by atoms with van der Waals surface area (Å²) in [5, 5.41) is 2.85. The molecule has 0 aromatic heterocycles. The number of esters is 1. The van der Waals surface area contributed by atoms with Crippen molar-refractivity contribution in [3.63, 3.8) is 0 Å². The fourth-order valence-corrected chi connectivity index (χ4v) is 3.43. The Hall–Kier alpha value is -1.59. The lowest BCUT2D eigenvalue weighted by Crippen LogP contribution is -2.59. The number of amides is 3. The summed E-state index contributed by atoms with van der Waals surface area (Å²) in [6.07, 6.45) is 2.87. The minimum Gasteiger partial charge on any atom is -0.465 e. The first-order chi connectivity index (χ1) is 9.43. The van der Waals surface area contributed by atoms with Crippen molar-refractivity contribution in [2.45, 2.75) is 45.6 Å². The van der Waals surface area contributed by atoms with Crippen molar-refractivity contribution in [3.8, 4) is 0 Å². The normalized spacial score (nSPS) is 33.5. The Morgan fingerprint density at radius 3 is 2.50 bits per heavy atom. The highest BCUT2D eigenvalue weighted by molar-refractivity contribution is 6.09. The standard InChI is InChI=1S/C14H22N2O4/c1-4-20-11(17)8-16-12(18)14(15-13(16)19)9(2)6-5-7-10(14)3/h9-10H,4-8H2,1-3H3,(H,15,19). The first-order valence-electron chi connectivity index (χ1n) is 7.23. The van der Waals surface area contributed by atoms with E-state index < -0.39 is 17.5 Å². The van der Waals surface area contributed by atoms with Gasteiger partial charge in [-0.25, -0.2) is 4.79 Å². The third-order valence-electron chi connectivity index (χ3n) is 4.58. The third-order valence-corrected chi connectivity index (χ3v) is 4.58. The maximum Gasteiger partial charge on any atom is 0.326 e. The Morgan fingerprint density at radius 1 is 1.35 bits per heavy atom. The number of hydrogen-bond acceptors (Lipinski definition) is 4. The highest BCUT2D eigenvalue weighted by atomic mass is 16.5. The summed E-state index contributed by atoms with van der Waals surface area (Å²) in [6.45, 7) is 5.60. The van der Waals surface area contributed by atoms with E-state index in [2.05, 4.69) is 5.32 Å². The van der Waals surface area contributed by atoms with Gasteiger partial charge in [0.1, 0.15) is 12.1 Å². The van der Waals surface area contributed by atoms with E-state index in [0.717, 1.165) is 24.2 Å². The average molecular weight is 282 g/mol. The molecule has 1 aliphatic carbocycles. The number of carbonyl (C=O) groups is 3. The predicted molar refractivity (Wildman–Crippen MR) is 71.8 cm³/mol. The number of ether oxygens (including phenoxy) is 1. The molecule has 0 radical (unpaired) electrons. The fourth-order valence-electron chi connectivity index (χ4n) is 3.43. The van der Waals surface area contributed by atoms with E-state index in [1.54, 1.807) is 6.92 Å². The minimum atomic E-state index is -0.845. The molecule has 6 heteroatoms. The van der Waals surface area contributed by atoms with Gasteiger partial charge in [-0.3, -0.25) is 14.5 Å². The second-order valence-corrected chi connectivity index (χ2v) is 5.73. The highest BCUT2D eigenvalue weighted by Gasteiger charge is 2.58. The van der Waals surface area contributed by atoms with Crippen LogP contribution in [0, 0.1) is 11.8 Å². The van der Waals surface area contributed by atoms with Crippen LogP contribution in [-0.4, -0.2) is 41.5 Å². The molecule has 1 N–H and O–H groups in total. The molecular formula is C14H22N2O4. The SMILES string of the molecule is CCOC(=O)CN1C(=O)NC2(C1=O)C(C)CCCC2C. The molecule has 3 amide bonds. The lowest BCUT2D eigenvalue weighted by molar-refractivity contribution is -0.148. The zero-order valence-electron chi connectivity index (χ0n) is 12.3. The van der Waals surface area contributed by atoms with Crippen LogP contribution in [-0.2, 0) is 14.3 Å². The molecule has 2 atom stereocenters. The molecule has 20 heavy (non-hydrogen) atoms. The Kier molecular flexibility index (Phi) is 4.01. The van der Waals surface area contributed by atoms with Crippen LogP contribution < -0.4 is 5.32 Å². The summed E-state index contributed by atoms with van der Waals surface area (Å²) in [4.78, 5) is 37.3. The number of hydrogen-bond donors (Lipinski definition) is 1. The fraction of sp³-hybridized carbons (Fsp3) is 0.786. The molecule has 0 aromatic rings. The summed E-state index contributed by atoms with van der Waals surface area (Å²) in [5.41, 5.74) is -0.845. The van der Waals surface area contributed by atoms with Gasteiger partial charge in [-0.05, 0) is 31.6 Å². The van der Waals surface area contributed by atoms with Gasteiger partial charge in [0.2, 0.25) is 0 Å². The van der Waals surface area contributed by atoms with E-state index >= 15 is 0 Å². The van der Waals surface area contributed by atoms with E-state index in [4.69, 9.17) is 4.74 Å². The summed E-state index contributed by atoms with van der Waals surface area (Å²) in [7, 11) is 0. The lowest BCUT2D eigenvalue weighted by atomic mass is 9.67. The molecule has 0 aromatic carbocycles. The molecule has 2 aliphatic rings. The van der Waals surface area contributed by atoms with Gasteiger partial charge < -0.3 is 10.1 Å². The molecule has 1 saturated heterocycles. The van der Waals surface area contributed by atoms with E-state index in [9.17, 15) is 14.4 Å². The van der Waals surface area contributed by atoms with Crippen molar-refractivity contribution >= 4 is 17.9 Å². The van der Waals surface area contributed by atoms with Gasteiger partial charge in [-0.1, -0.05) is 20.3 Å². The molecule has 1 spiro atoms. The third kappa shape index (κ3) is 2.17. The monoisotopic (exact) mass is 282 g/mol. The van der Waals surface area contributed by atoms with Gasteiger partial charge >= 0.3 is 12.0 Å². The number of carbonyl (C=O) groups excluding carboxylic acids is 3. The maximum atomic E-state index is 12.7. The maximum absolute atomic E-state index is 12.7. The summed E-state index contributed by atoms with van der Waals surface area (Å²) in [6, 6.07) is -0.483. The molecule has 6 nitrogen and oxygen atoms in total. The van der Waals surface area contributed by atoms with Crippen molar-refractivity contribution in [1.29, 1.82) is 0 Å². The van der Waals surface area contributed by atoms with E-state index in [0.29, 0.717) is 0 Å². The first-order valence-corrected chi connectivity index (χ1v) is 7.23. The summed E-state index contributed by atoms with van der Waals surface area (Å²) in [5.74, 6) is -0.677. The van der Waals surface area contributed by atoms with Crippen LogP contribution in [0.2, 0.25) is 0 Å². The zero-order valence-corrected chi connectivity index (χ0v) is 12.3. The number of rotatable bonds is 3. The van der Waals surface area contributed by atoms with Crippen LogP contribution in [0.4, 0.5) is 4.79 Å². The predicted octanol–water partition coefficient (Wildman–Crippen LogP) is 1.30. The Balaban J connectivity index is 2.21. The highest BCUT2D eigenvalue weighted by Crippen LogP contribution is 2.42. The molecule has 112 valence electrons. The van der Waals surface area contributed by atoms with Crippen molar-refractivity contribution < 1.29 is 19.1 Å². The van der Waals surface area contributed by atoms with Crippen molar-refractivity contribution in [2.75, 3.05) is 13.2 Å². The van der Waals surface area contributed by atoms with Gasteiger partial charge in [-0.2, -0.15) is 0 Å². The van der Waals surface area contributed by atoms with Crippen molar-refractivity contribution in [2.24, 2.45) is 11.8 Å². The van der Waals surface area contributed by atoms with Gasteiger partial charge in [0.25, 0.3) is 5.91 Å². The van der Waals surface area contributed by atoms with Crippen LogP contribution in [0.3, 0.4) is 0 Å². The molecule has 2 fully saturated rings. The number of nitrogens with one attached hydrogen (secondary N) is 1. The quantitative estimate of drug-likeness (QED) is 0.625. The number of imide groups is 1. The summed E-state index contributed by atoms with van der Waals surface area (Å²) >= 11 is 0. The van der Waals surface area contributed by atoms with Crippen molar-refractivity contribution in [3.05, 3.63) is 0 Å². The van der Waals surface area contributed by atoms with E-state index in [1.807, 2.05) is 13.8 Å². The number of nitrogens with zero attached hydrogens (tertiary/aromatic N) is 1. The van der Waals surface area contributed by atoms with Gasteiger partial charge in [-0.15, -0.1) is 0 Å². The van der Waals surface area contributed by atoms with Gasteiger partial charge in [0, 0.05) is 0 Å². The molecule has 2 rings (SSSR count). The molecule has 0 bridgehead atoms. The van der Waals surface area contributed by atoms with Crippen molar-refractivity contribution in [1.82, 2.24) is 10.2 Å². The molecule has 2 unspecified atom stereocenters. The van der Waals surface area contributed by atoms with Crippen LogP contribution in [0.1, 0.15) is 40.0 Å². The van der Waals surface area contributed by atoms with E-state index in [1.165, 1.54) is 0 Å². The van der Waals surface area contributed by atoms with Crippen LogP contribution in [0.25, 0.3) is 0 Å². The number of urea groups is 1. The van der Waals surface area contributed by atoms with E-state index in [-0.39, 0.29) is 30.9 Å². The molecular weight excluding hydrogens is 260 g/mol. The summed E-state index contributed by atoms with van der Waals surface area (Å²) < 4.78 is 4.82. The van der Waals surface area contributed by atoms with Crippen LogP contribution >= 0.6 is 0 Å².